The first-order chi connectivity index (χ1) is 8.36. The average molecular weight is 235 g/mol. The molecule has 1 saturated heterocycles. The summed E-state index contributed by atoms with van der Waals surface area (Å²) in [6.45, 7) is 4.67. The summed E-state index contributed by atoms with van der Waals surface area (Å²) < 4.78 is 5.44. The lowest BCUT2D eigenvalue weighted by Crippen LogP contribution is -2.47. The standard InChI is InChI=1S/C13H21N3O/c1-17-13-5-3-2-4-11(13)12-10-15-7-9-16(12)8-6-14/h2-5,12,15H,6-10,14H2,1H3. The van der Waals surface area contributed by atoms with E-state index in [9.17, 15) is 0 Å². The van der Waals surface area contributed by atoms with Gasteiger partial charge in [0.15, 0.2) is 0 Å². The maximum atomic E-state index is 5.68. The molecule has 4 nitrogen and oxygen atoms in total. The first kappa shape index (κ1) is 12.4. The zero-order chi connectivity index (χ0) is 12.1. The van der Waals surface area contributed by atoms with Crippen LogP contribution < -0.4 is 15.8 Å². The van der Waals surface area contributed by atoms with Crippen LogP contribution >= 0.6 is 0 Å². The molecule has 3 N–H and O–H groups in total. The summed E-state index contributed by atoms with van der Waals surface area (Å²) in [6, 6.07) is 8.59. The molecule has 1 aliphatic rings. The summed E-state index contributed by atoms with van der Waals surface area (Å²) in [5.74, 6) is 0.961. The van der Waals surface area contributed by atoms with Crippen molar-refractivity contribution in [2.45, 2.75) is 6.04 Å². The van der Waals surface area contributed by atoms with Gasteiger partial charge in [-0.25, -0.2) is 0 Å². The topological polar surface area (TPSA) is 50.5 Å². The highest BCUT2D eigenvalue weighted by Gasteiger charge is 2.25. The van der Waals surface area contributed by atoms with Crippen molar-refractivity contribution < 1.29 is 4.74 Å². The molecule has 0 saturated carbocycles. The van der Waals surface area contributed by atoms with Crippen LogP contribution in [0.15, 0.2) is 24.3 Å². The first-order valence-corrected chi connectivity index (χ1v) is 6.14. The Kier molecular flexibility index (Phi) is 4.36. The van der Waals surface area contributed by atoms with Crippen LogP contribution in [0.4, 0.5) is 0 Å². The van der Waals surface area contributed by atoms with Crippen LogP contribution in [0.1, 0.15) is 11.6 Å². The maximum Gasteiger partial charge on any atom is 0.123 e. The Morgan fingerprint density at radius 3 is 3.06 bits per heavy atom. The van der Waals surface area contributed by atoms with Gasteiger partial charge in [0.2, 0.25) is 0 Å². The quantitative estimate of drug-likeness (QED) is 0.802. The van der Waals surface area contributed by atoms with E-state index in [1.807, 2.05) is 12.1 Å². The number of hydrogen-bond acceptors (Lipinski definition) is 4. The van der Waals surface area contributed by atoms with Crippen molar-refractivity contribution in [3.05, 3.63) is 29.8 Å². The van der Waals surface area contributed by atoms with Crippen molar-refractivity contribution in [1.29, 1.82) is 0 Å². The van der Waals surface area contributed by atoms with E-state index >= 15 is 0 Å². The fourth-order valence-electron chi connectivity index (χ4n) is 2.43. The fourth-order valence-corrected chi connectivity index (χ4v) is 2.43. The number of benzene rings is 1. The molecule has 0 aromatic heterocycles. The summed E-state index contributed by atoms with van der Waals surface area (Å²) in [6.07, 6.45) is 0. The fraction of sp³-hybridized carbons (Fsp3) is 0.538. The van der Waals surface area contributed by atoms with Gasteiger partial charge in [0.05, 0.1) is 13.2 Å². The summed E-state index contributed by atoms with van der Waals surface area (Å²) in [7, 11) is 1.72. The highest BCUT2D eigenvalue weighted by atomic mass is 16.5. The zero-order valence-electron chi connectivity index (χ0n) is 10.4. The van der Waals surface area contributed by atoms with Gasteiger partial charge in [-0.2, -0.15) is 0 Å². The number of ether oxygens (including phenoxy) is 1. The third-order valence-corrected chi connectivity index (χ3v) is 3.27. The van der Waals surface area contributed by atoms with Crippen molar-refractivity contribution in [2.24, 2.45) is 5.73 Å². The van der Waals surface area contributed by atoms with Crippen molar-refractivity contribution in [3.63, 3.8) is 0 Å². The number of para-hydroxylation sites is 1. The first-order valence-electron chi connectivity index (χ1n) is 6.14. The number of rotatable bonds is 4. The third-order valence-electron chi connectivity index (χ3n) is 3.27. The molecule has 0 spiro atoms. The Morgan fingerprint density at radius 1 is 1.47 bits per heavy atom. The largest absolute Gasteiger partial charge is 0.496 e. The highest BCUT2D eigenvalue weighted by Crippen LogP contribution is 2.29. The molecule has 1 aliphatic heterocycles. The van der Waals surface area contributed by atoms with E-state index in [-0.39, 0.29) is 0 Å². The van der Waals surface area contributed by atoms with Crippen molar-refractivity contribution in [1.82, 2.24) is 10.2 Å². The number of hydrogen-bond donors (Lipinski definition) is 2. The number of piperazine rings is 1. The smallest absolute Gasteiger partial charge is 0.123 e. The van der Waals surface area contributed by atoms with E-state index in [1.54, 1.807) is 7.11 Å². The van der Waals surface area contributed by atoms with Gasteiger partial charge >= 0.3 is 0 Å². The van der Waals surface area contributed by atoms with E-state index in [0.29, 0.717) is 12.6 Å². The Balaban J connectivity index is 2.22. The van der Waals surface area contributed by atoms with Crippen LogP contribution in [0, 0.1) is 0 Å². The molecule has 17 heavy (non-hydrogen) atoms. The molecule has 4 heteroatoms. The molecule has 94 valence electrons. The van der Waals surface area contributed by atoms with E-state index in [1.165, 1.54) is 5.56 Å². The molecule has 0 amide bonds. The van der Waals surface area contributed by atoms with Gasteiger partial charge in [0.1, 0.15) is 5.75 Å². The molecule has 1 heterocycles. The predicted molar refractivity (Wildman–Crippen MR) is 69.2 cm³/mol. The molecule has 1 aromatic carbocycles. The lowest BCUT2D eigenvalue weighted by Gasteiger charge is -2.36. The van der Waals surface area contributed by atoms with Crippen molar-refractivity contribution in [2.75, 3.05) is 39.8 Å². The Hall–Kier alpha value is -1.10. The third kappa shape index (κ3) is 2.77. The monoisotopic (exact) mass is 235 g/mol. The molecule has 0 radical (unpaired) electrons. The van der Waals surface area contributed by atoms with Gasteiger partial charge in [-0.1, -0.05) is 18.2 Å². The van der Waals surface area contributed by atoms with Gasteiger partial charge in [-0.3, -0.25) is 4.90 Å². The number of methoxy groups -OCH3 is 1. The van der Waals surface area contributed by atoms with Crippen LogP contribution in [0.25, 0.3) is 0 Å². The van der Waals surface area contributed by atoms with E-state index in [0.717, 1.165) is 31.9 Å². The van der Waals surface area contributed by atoms with Crippen LogP contribution in [-0.4, -0.2) is 44.7 Å². The van der Waals surface area contributed by atoms with Crippen LogP contribution in [0.5, 0.6) is 5.75 Å². The van der Waals surface area contributed by atoms with Crippen molar-refractivity contribution >= 4 is 0 Å². The normalized spacial score (nSPS) is 21.4. The summed E-state index contributed by atoms with van der Waals surface area (Å²) in [5, 5.41) is 3.43. The van der Waals surface area contributed by atoms with E-state index in [2.05, 4.69) is 22.3 Å². The average Bonchev–Trinajstić information content (AvgIpc) is 2.40. The second kappa shape index (κ2) is 6.00. The summed E-state index contributed by atoms with van der Waals surface area (Å²) in [4.78, 5) is 2.42. The second-order valence-corrected chi connectivity index (χ2v) is 4.29. The van der Waals surface area contributed by atoms with Crippen LogP contribution in [0.2, 0.25) is 0 Å². The maximum absolute atomic E-state index is 5.68. The lowest BCUT2D eigenvalue weighted by atomic mass is 10.0. The minimum atomic E-state index is 0.364. The molecule has 1 aromatic rings. The van der Waals surface area contributed by atoms with Gasteiger partial charge < -0.3 is 15.8 Å². The zero-order valence-corrected chi connectivity index (χ0v) is 10.4. The molecule has 0 aliphatic carbocycles. The Labute approximate surface area is 103 Å². The molecular weight excluding hydrogens is 214 g/mol. The van der Waals surface area contributed by atoms with Gasteiger partial charge in [-0.15, -0.1) is 0 Å². The van der Waals surface area contributed by atoms with Gasteiger partial charge in [0, 0.05) is 38.3 Å². The van der Waals surface area contributed by atoms with Gasteiger partial charge in [-0.05, 0) is 6.07 Å². The SMILES string of the molecule is COc1ccccc1C1CNCCN1CCN. The van der Waals surface area contributed by atoms with E-state index < -0.39 is 0 Å². The number of nitrogens with zero attached hydrogens (tertiary/aromatic N) is 1. The highest BCUT2D eigenvalue weighted by molar-refractivity contribution is 5.36. The molecular formula is C13H21N3O. The minimum Gasteiger partial charge on any atom is -0.496 e. The summed E-state index contributed by atoms with van der Waals surface area (Å²) >= 11 is 0. The number of nitrogens with one attached hydrogen (secondary N) is 1. The minimum absolute atomic E-state index is 0.364. The van der Waals surface area contributed by atoms with Crippen molar-refractivity contribution in [3.8, 4) is 5.75 Å². The molecule has 1 unspecified atom stereocenters. The summed E-state index contributed by atoms with van der Waals surface area (Å²) in [5.41, 5.74) is 6.92. The predicted octanol–water partition coefficient (Wildman–Crippen LogP) is 0.600. The molecule has 1 fully saturated rings. The van der Waals surface area contributed by atoms with Crippen LogP contribution in [-0.2, 0) is 0 Å². The Morgan fingerprint density at radius 2 is 2.29 bits per heavy atom. The second-order valence-electron chi connectivity index (χ2n) is 4.29. The van der Waals surface area contributed by atoms with Gasteiger partial charge in [0.25, 0.3) is 0 Å². The Bertz CT molecular complexity index is 354. The number of nitrogens with two attached hydrogens (primary N) is 1. The molecule has 0 bridgehead atoms. The lowest BCUT2D eigenvalue weighted by molar-refractivity contribution is 0.164. The van der Waals surface area contributed by atoms with Crippen LogP contribution in [0.3, 0.4) is 0 Å². The molecule has 2 rings (SSSR count). The van der Waals surface area contributed by atoms with E-state index in [4.69, 9.17) is 10.5 Å². The molecule has 1 atom stereocenters.